The molecule has 0 heterocycles. The highest BCUT2D eigenvalue weighted by molar-refractivity contribution is 6.37. The van der Waals surface area contributed by atoms with Crippen LogP contribution in [0.5, 0.6) is 0 Å². The Hall–Kier alpha value is -1.26. The molecule has 0 spiro atoms. The van der Waals surface area contributed by atoms with Crippen molar-refractivity contribution < 1.29 is 14.7 Å². The van der Waals surface area contributed by atoms with E-state index in [1.54, 1.807) is 0 Å². The zero-order valence-electron chi connectivity index (χ0n) is 10.7. The Morgan fingerprint density at radius 2 is 1.84 bits per heavy atom. The monoisotopic (exact) mass is 303 g/mol. The van der Waals surface area contributed by atoms with E-state index in [0.29, 0.717) is 12.8 Å². The summed E-state index contributed by atoms with van der Waals surface area (Å²) in [7, 11) is 0. The first-order chi connectivity index (χ1) is 8.90. The molecule has 1 aromatic carbocycles. The van der Waals surface area contributed by atoms with Crippen LogP contribution in [0, 0.1) is 5.92 Å². The first kappa shape index (κ1) is 15.8. The second kappa shape index (κ2) is 6.78. The molecule has 4 nitrogen and oxygen atoms in total. The van der Waals surface area contributed by atoms with Crippen molar-refractivity contribution >= 4 is 40.8 Å². The van der Waals surface area contributed by atoms with Crippen molar-refractivity contribution in [3.63, 3.8) is 0 Å². The largest absolute Gasteiger partial charge is 0.478 e. The van der Waals surface area contributed by atoms with E-state index >= 15 is 0 Å². The van der Waals surface area contributed by atoms with Crippen LogP contribution in [0.25, 0.3) is 0 Å². The third kappa shape index (κ3) is 3.85. The van der Waals surface area contributed by atoms with E-state index in [4.69, 9.17) is 28.3 Å². The van der Waals surface area contributed by atoms with Gasteiger partial charge in [0.15, 0.2) is 0 Å². The molecule has 0 aliphatic heterocycles. The van der Waals surface area contributed by atoms with Gasteiger partial charge in [0.25, 0.3) is 0 Å². The molecule has 6 heteroatoms. The minimum absolute atomic E-state index is 0.0930. The summed E-state index contributed by atoms with van der Waals surface area (Å²) in [5.41, 5.74) is -0.0210. The molecule has 0 bridgehead atoms. The highest BCUT2D eigenvalue weighted by Gasteiger charge is 2.20. The number of nitrogens with one attached hydrogen (secondary N) is 1. The minimum Gasteiger partial charge on any atom is -0.478 e. The fourth-order valence-corrected chi connectivity index (χ4v) is 2.29. The predicted octanol–water partition coefficient (Wildman–Crippen LogP) is 4.07. The first-order valence-corrected chi connectivity index (χ1v) is 6.69. The Kier molecular flexibility index (Phi) is 5.63. The van der Waals surface area contributed by atoms with Crippen LogP contribution in [0.4, 0.5) is 5.69 Å². The Labute approximate surface area is 121 Å². The number of carboxylic acid groups (broad SMARTS) is 1. The Balaban J connectivity index is 3.13. The summed E-state index contributed by atoms with van der Waals surface area (Å²) in [6.45, 7) is 3.80. The van der Waals surface area contributed by atoms with E-state index in [2.05, 4.69) is 5.32 Å². The van der Waals surface area contributed by atoms with E-state index < -0.39 is 5.97 Å². The Bertz CT molecular complexity index is 499. The number of carbonyl (C=O) groups is 2. The van der Waals surface area contributed by atoms with Gasteiger partial charge in [0.2, 0.25) is 5.91 Å². The SMILES string of the molecule is CCC(CC)C(=O)Nc1c(Cl)cc(Cl)cc1C(=O)O. The summed E-state index contributed by atoms with van der Waals surface area (Å²) in [6.07, 6.45) is 1.35. The summed E-state index contributed by atoms with van der Waals surface area (Å²) in [4.78, 5) is 23.1. The third-order valence-electron chi connectivity index (χ3n) is 2.89. The number of carbonyl (C=O) groups excluding carboxylic acids is 1. The van der Waals surface area contributed by atoms with Crippen molar-refractivity contribution in [3.05, 3.63) is 27.7 Å². The summed E-state index contributed by atoms with van der Waals surface area (Å²) < 4.78 is 0. The molecule has 0 unspecified atom stereocenters. The fourth-order valence-electron chi connectivity index (χ4n) is 1.75. The standard InChI is InChI=1S/C13H15Cl2NO3/c1-3-7(4-2)12(17)16-11-9(13(18)19)5-8(14)6-10(11)15/h5-7H,3-4H2,1-2H3,(H,16,17)(H,18,19). The zero-order chi connectivity index (χ0) is 14.6. The van der Waals surface area contributed by atoms with Gasteiger partial charge >= 0.3 is 5.97 Å². The number of rotatable bonds is 5. The van der Waals surface area contributed by atoms with Crippen LogP contribution in [-0.4, -0.2) is 17.0 Å². The number of anilines is 1. The number of carboxylic acids is 1. The molecule has 104 valence electrons. The van der Waals surface area contributed by atoms with Gasteiger partial charge in [-0.1, -0.05) is 37.0 Å². The highest BCUT2D eigenvalue weighted by Crippen LogP contribution is 2.31. The fraction of sp³-hybridized carbons (Fsp3) is 0.385. The molecular formula is C13H15Cl2NO3. The van der Waals surface area contributed by atoms with Crippen LogP contribution >= 0.6 is 23.2 Å². The van der Waals surface area contributed by atoms with Crippen molar-refractivity contribution in [2.24, 2.45) is 5.92 Å². The van der Waals surface area contributed by atoms with Gasteiger partial charge in [-0.05, 0) is 25.0 Å². The van der Waals surface area contributed by atoms with Crippen molar-refractivity contribution in [2.45, 2.75) is 26.7 Å². The zero-order valence-corrected chi connectivity index (χ0v) is 12.2. The van der Waals surface area contributed by atoms with Crippen LogP contribution < -0.4 is 5.32 Å². The highest BCUT2D eigenvalue weighted by atomic mass is 35.5. The lowest BCUT2D eigenvalue weighted by Gasteiger charge is -2.15. The number of benzene rings is 1. The Morgan fingerprint density at radius 3 is 2.32 bits per heavy atom. The molecule has 0 aliphatic rings. The molecule has 0 aliphatic carbocycles. The van der Waals surface area contributed by atoms with Crippen molar-refractivity contribution in [3.8, 4) is 0 Å². The molecule has 1 amide bonds. The van der Waals surface area contributed by atoms with E-state index in [0.717, 1.165) is 0 Å². The summed E-state index contributed by atoms with van der Waals surface area (Å²) in [5.74, 6) is -1.60. The lowest BCUT2D eigenvalue weighted by Crippen LogP contribution is -2.23. The van der Waals surface area contributed by atoms with Crippen LogP contribution in [0.2, 0.25) is 10.0 Å². The van der Waals surface area contributed by atoms with Crippen LogP contribution in [0.3, 0.4) is 0 Å². The van der Waals surface area contributed by atoms with Gasteiger partial charge in [0.05, 0.1) is 16.3 Å². The van der Waals surface area contributed by atoms with E-state index in [1.807, 2.05) is 13.8 Å². The molecular weight excluding hydrogens is 289 g/mol. The third-order valence-corrected chi connectivity index (χ3v) is 3.41. The van der Waals surface area contributed by atoms with Gasteiger partial charge in [0, 0.05) is 10.9 Å². The number of amides is 1. The first-order valence-electron chi connectivity index (χ1n) is 5.93. The van der Waals surface area contributed by atoms with Crippen molar-refractivity contribution in [1.82, 2.24) is 0 Å². The molecule has 0 aromatic heterocycles. The van der Waals surface area contributed by atoms with Crippen molar-refractivity contribution in [1.29, 1.82) is 0 Å². The molecule has 0 saturated heterocycles. The number of aromatic carboxylic acids is 1. The lowest BCUT2D eigenvalue weighted by atomic mass is 10.0. The average Bonchev–Trinajstić information content (AvgIpc) is 2.33. The van der Waals surface area contributed by atoms with Crippen molar-refractivity contribution in [2.75, 3.05) is 5.32 Å². The summed E-state index contributed by atoms with van der Waals surface area (Å²) >= 11 is 11.7. The maximum absolute atomic E-state index is 12.0. The van der Waals surface area contributed by atoms with Crippen LogP contribution in [0.1, 0.15) is 37.0 Å². The lowest BCUT2D eigenvalue weighted by molar-refractivity contribution is -0.120. The molecule has 2 N–H and O–H groups in total. The van der Waals surface area contributed by atoms with E-state index in [9.17, 15) is 9.59 Å². The molecule has 1 rings (SSSR count). The maximum atomic E-state index is 12.0. The molecule has 0 radical (unpaired) electrons. The Morgan fingerprint density at radius 1 is 1.26 bits per heavy atom. The normalized spacial score (nSPS) is 10.6. The molecule has 0 atom stereocenters. The molecule has 1 aromatic rings. The summed E-state index contributed by atoms with van der Waals surface area (Å²) in [6, 6.07) is 2.66. The number of hydrogen-bond donors (Lipinski definition) is 2. The molecule has 0 saturated carbocycles. The van der Waals surface area contributed by atoms with Gasteiger partial charge in [-0.2, -0.15) is 0 Å². The molecule has 19 heavy (non-hydrogen) atoms. The second-order valence-corrected chi connectivity index (χ2v) is 4.96. The van der Waals surface area contributed by atoms with Crippen LogP contribution in [0.15, 0.2) is 12.1 Å². The quantitative estimate of drug-likeness (QED) is 0.862. The summed E-state index contributed by atoms with van der Waals surface area (Å²) in [5, 5.41) is 12.0. The second-order valence-electron chi connectivity index (χ2n) is 4.12. The maximum Gasteiger partial charge on any atom is 0.337 e. The van der Waals surface area contributed by atoms with Gasteiger partial charge < -0.3 is 10.4 Å². The average molecular weight is 304 g/mol. The number of halogens is 2. The van der Waals surface area contributed by atoms with Crippen LogP contribution in [-0.2, 0) is 4.79 Å². The van der Waals surface area contributed by atoms with E-state index in [-0.39, 0.29) is 33.1 Å². The van der Waals surface area contributed by atoms with E-state index in [1.165, 1.54) is 12.1 Å². The predicted molar refractivity (Wildman–Crippen MR) is 76.1 cm³/mol. The van der Waals surface area contributed by atoms with Gasteiger partial charge in [0.1, 0.15) is 0 Å². The van der Waals surface area contributed by atoms with Gasteiger partial charge in [-0.3, -0.25) is 4.79 Å². The smallest absolute Gasteiger partial charge is 0.337 e. The minimum atomic E-state index is -1.19. The number of hydrogen-bond acceptors (Lipinski definition) is 2. The van der Waals surface area contributed by atoms with Gasteiger partial charge in [-0.15, -0.1) is 0 Å². The van der Waals surface area contributed by atoms with Gasteiger partial charge in [-0.25, -0.2) is 4.79 Å². The molecule has 0 fully saturated rings. The topological polar surface area (TPSA) is 66.4 Å².